The Hall–Kier alpha value is -0.870. The van der Waals surface area contributed by atoms with Crippen LogP contribution in [0, 0.1) is 0 Å². The fourth-order valence-electron chi connectivity index (χ4n) is 1.64. The van der Waals surface area contributed by atoms with Gasteiger partial charge in [-0.15, -0.1) is 0 Å². The van der Waals surface area contributed by atoms with Crippen molar-refractivity contribution in [1.29, 1.82) is 0 Å². The predicted octanol–water partition coefficient (Wildman–Crippen LogP) is 1.25. The molecule has 0 saturated carbocycles. The van der Waals surface area contributed by atoms with Crippen LogP contribution >= 0.6 is 0 Å². The number of nitrogens with zero attached hydrogens (tertiary/aromatic N) is 1. The zero-order valence-corrected chi connectivity index (χ0v) is 7.75. The minimum atomic E-state index is 0.359. The summed E-state index contributed by atoms with van der Waals surface area (Å²) in [4.78, 5) is 0. The highest BCUT2D eigenvalue weighted by molar-refractivity contribution is 5.09. The summed E-state index contributed by atoms with van der Waals surface area (Å²) in [6.45, 7) is 1.60. The molecule has 1 fully saturated rings. The van der Waals surface area contributed by atoms with Crippen LogP contribution in [0.15, 0.2) is 10.6 Å². The van der Waals surface area contributed by atoms with Crippen molar-refractivity contribution < 1.29 is 9.26 Å². The van der Waals surface area contributed by atoms with E-state index in [4.69, 9.17) is 9.26 Å². The molecule has 1 N–H and O–H groups in total. The zero-order chi connectivity index (χ0) is 9.10. The predicted molar refractivity (Wildman–Crippen MR) is 47.2 cm³/mol. The fourth-order valence-corrected chi connectivity index (χ4v) is 1.64. The number of hydrogen-bond donors (Lipinski definition) is 1. The van der Waals surface area contributed by atoms with E-state index in [1.54, 1.807) is 7.11 Å². The number of ether oxygens (including phenoxy) is 1. The van der Waals surface area contributed by atoms with Crippen molar-refractivity contribution >= 4 is 0 Å². The van der Waals surface area contributed by atoms with Crippen molar-refractivity contribution in [3.63, 3.8) is 0 Å². The summed E-state index contributed by atoms with van der Waals surface area (Å²) >= 11 is 0. The molecule has 1 aliphatic heterocycles. The van der Waals surface area contributed by atoms with E-state index in [1.807, 2.05) is 6.07 Å². The van der Waals surface area contributed by atoms with Gasteiger partial charge in [0.1, 0.15) is 5.69 Å². The molecule has 1 saturated heterocycles. The van der Waals surface area contributed by atoms with E-state index in [2.05, 4.69) is 10.5 Å². The monoisotopic (exact) mass is 182 g/mol. The summed E-state index contributed by atoms with van der Waals surface area (Å²) in [5, 5.41) is 7.26. The van der Waals surface area contributed by atoms with Gasteiger partial charge in [-0.1, -0.05) is 5.16 Å². The molecular formula is C9H14N2O2. The van der Waals surface area contributed by atoms with Crippen LogP contribution in [0.25, 0.3) is 0 Å². The lowest BCUT2D eigenvalue weighted by Crippen LogP contribution is -2.11. The molecule has 2 rings (SSSR count). The van der Waals surface area contributed by atoms with Gasteiger partial charge >= 0.3 is 0 Å². The van der Waals surface area contributed by atoms with E-state index >= 15 is 0 Å². The molecule has 1 atom stereocenters. The molecule has 1 aromatic heterocycles. The molecule has 0 radical (unpaired) electrons. The van der Waals surface area contributed by atoms with Gasteiger partial charge in [0.25, 0.3) is 0 Å². The van der Waals surface area contributed by atoms with Crippen molar-refractivity contribution in [1.82, 2.24) is 10.5 Å². The Bertz CT molecular complexity index is 266. The van der Waals surface area contributed by atoms with Gasteiger partial charge in [0, 0.05) is 13.2 Å². The highest BCUT2D eigenvalue weighted by Crippen LogP contribution is 2.23. The Kier molecular flexibility index (Phi) is 2.61. The molecule has 1 aliphatic rings. The molecule has 0 spiro atoms. The molecule has 0 unspecified atom stereocenters. The summed E-state index contributed by atoms with van der Waals surface area (Å²) in [5.74, 6) is 0.935. The molecule has 0 aromatic carbocycles. The van der Waals surface area contributed by atoms with E-state index in [-0.39, 0.29) is 0 Å². The molecule has 4 nitrogen and oxygen atoms in total. The molecule has 2 heterocycles. The molecule has 72 valence electrons. The first kappa shape index (κ1) is 8.72. The number of nitrogens with one attached hydrogen (secondary N) is 1. The standard InChI is InChI=1S/C9H14N2O2/c1-12-6-7-5-9(13-11-7)8-3-2-4-10-8/h5,8,10H,2-4,6H2,1H3/t8-/m0/s1. The van der Waals surface area contributed by atoms with Gasteiger partial charge < -0.3 is 14.6 Å². The molecular weight excluding hydrogens is 168 g/mol. The Labute approximate surface area is 77.2 Å². The summed E-state index contributed by atoms with van der Waals surface area (Å²) in [6.07, 6.45) is 2.35. The van der Waals surface area contributed by atoms with Gasteiger partial charge in [0.15, 0.2) is 5.76 Å². The Morgan fingerprint density at radius 3 is 3.38 bits per heavy atom. The maximum Gasteiger partial charge on any atom is 0.153 e. The number of aromatic nitrogens is 1. The minimum absolute atomic E-state index is 0.359. The lowest BCUT2D eigenvalue weighted by atomic mass is 10.2. The second-order valence-electron chi connectivity index (χ2n) is 3.30. The Morgan fingerprint density at radius 2 is 2.69 bits per heavy atom. The van der Waals surface area contributed by atoms with Crippen LogP contribution in [0.3, 0.4) is 0 Å². The molecule has 0 bridgehead atoms. The average molecular weight is 182 g/mol. The minimum Gasteiger partial charge on any atom is -0.378 e. The van der Waals surface area contributed by atoms with Crippen LogP contribution in [0.5, 0.6) is 0 Å². The first-order valence-electron chi connectivity index (χ1n) is 4.58. The Morgan fingerprint density at radius 1 is 1.77 bits per heavy atom. The first-order chi connectivity index (χ1) is 6.40. The quantitative estimate of drug-likeness (QED) is 0.764. The fraction of sp³-hybridized carbons (Fsp3) is 0.667. The number of methoxy groups -OCH3 is 1. The van der Waals surface area contributed by atoms with E-state index in [0.717, 1.165) is 24.4 Å². The van der Waals surface area contributed by atoms with Gasteiger partial charge in [0.2, 0.25) is 0 Å². The normalized spacial score (nSPS) is 22.4. The van der Waals surface area contributed by atoms with Gasteiger partial charge in [-0.2, -0.15) is 0 Å². The maximum absolute atomic E-state index is 5.21. The SMILES string of the molecule is COCc1cc([C@@H]2CCCN2)on1. The topological polar surface area (TPSA) is 47.3 Å². The molecule has 4 heteroatoms. The smallest absolute Gasteiger partial charge is 0.153 e. The third kappa shape index (κ3) is 1.89. The van der Waals surface area contributed by atoms with Crippen LogP contribution in [0.2, 0.25) is 0 Å². The lowest BCUT2D eigenvalue weighted by molar-refractivity contribution is 0.177. The van der Waals surface area contributed by atoms with Crippen LogP contribution in [0.1, 0.15) is 30.3 Å². The van der Waals surface area contributed by atoms with Gasteiger partial charge in [-0.3, -0.25) is 0 Å². The molecule has 0 aliphatic carbocycles. The summed E-state index contributed by atoms with van der Waals surface area (Å²) in [5.41, 5.74) is 0.867. The number of hydrogen-bond acceptors (Lipinski definition) is 4. The van der Waals surface area contributed by atoms with Crippen molar-refractivity contribution in [2.24, 2.45) is 0 Å². The van der Waals surface area contributed by atoms with Crippen LogP contribution in [-0.4, -0.2) is 18.8 Å². The maximum atomic E-state index is 5.21. The molecule has 0 amide bonds. The van der Waals surface area contributed by atoms with Gasteiger partial charge in [-0.05, 0) is 19.4 Å². The van der Waals surface area contributed by atoms with Crippen LogP contribution in [0.4, 0.5) is 0 Å². The second kappa shape index (κ2) is 3.89. The van der Waals surface area contributed by atoms with Gasteiger partial charge in [-0.25, -0.2) is 0 Å². The molecule has 13 heavy (non-hydrogen) atoms. The lowest BCUT2D eigenvalue weighted by Gasteiger charge is -2.02. The second-order valence-corrected chi connectivity index (χ2v) is 3.30. The average Bonchev–Trinajstić information content (AvgIpc) is 2.70. The van der Waals surface area contributed by atoms with E-state index < -0.39 is 0 Å². The van der Waals surface area contributed by atoms with E-state index in [9.17, 15) is 0 Å². The summed E-state index contributed by atoms with van der Waals surface area (Å²) in [6, 6.07) is 2.32. The van der Waals surface area contributed by atoms with E-state index in [0.29, 0.717) is 12.6 Å². The van der Waals surface area contributed by atoms with Gasteiger partial charge in [0.05, 0.1) is 12.6 Å². The van der Waals surface area contributed by atoms with E-state index in [1.165, 1.54) is 6.42 Å². The van der Waals surface area contributed by atoms with Crippen molar-refractivity contribution in [3.8, 4) is 0 Å². The number of rotatable bonds is 3. The van der Waals surface area contributed by atoms with Crippen molar-refractivity contribution in [2.45, 2.75) is 25.5 Å². The Balaban J connectivity index is 2.03. The van der Waals surface area contributed by atoms with Crippen molar-refractivity contribution in [2.75, 3.05) is 13.7 Å². The first-order valence-corrected chi connectivity index (χ1v) is 4.58. The third-order valence-electron chi connectivity index (χ3n) is 2.27. The largest absolute Gasteiger partial charge is 0.378 e. The van der Waals surface area contributed by atoms with Crippen molar-refractivity contribution in [3.05, 3.63) is 17.5 Å². The summed E-state index contributed by atoms with van der Waals surface area (Å²) in [7, 11) is 1.65. The highest BCUT2D eigenvalue weighted by Gasteiger charge is 2.20. The zero-order valence-electron chi connectivity index (χ0n) is 7.75. The third-order valence-corrected chi connectivity index (χ3v) is 2.27. The summed E-state index contributed by atoms with van der Waals surface area (Å²) < 4.78 is 10.2. The van der Waals surface area contributed by atoms with Crippen LogP contribution < -0.4 is 5.32 Å². The van der Waals surface area contributed by atoms with Crippen LogP contribution in [-0.2, 0) is 11.3 Å². The highest BCUT2D eigenvalue weighted by atomic mass is 16.5. The molecule has 1 aromatic rings.